The van der Waals surface area contributed by atoms with Crippen LogP contribution >= 0.6 is 11.6 Å². The van der Waals surface area contributed by atoms with Gasteiger partial charge in [0.2, 0.25) is 0 Å². The number of hydrogen-bond acceptors (Lipinski definition) is 4. The van der Waals surface area contributed by atoms with Crippen LogP contribution in [-0.2, 0) is 10.2 Å². The summed E-state index contributed by atoms with van der Waals surface area (Å²) >= 11 is 5.60. The molecule has 0 amide bonds. The van der Waals surface area contributed by atoms with Gasteiger partial charge in [0.05, 0.1) is 12.4 Å². The van der Waals surface area contributed by atoms with Gasteiger partial charge in [-0.05, 0) is 0 Å². The van der Waals surface area contributed by atoms with Crippen LogP contribution in [0.25, 0.3) is 0 Å². The standard InChI is InChI=1S/C8H13ClN4O2S/c1-3-13(4-2)16(14,15)12-8-6-10-5-7(9)11-8/h5-6H,3-4H2,1-2H3,(H,11,12). The Labute approximate surface area is 99.8 Å². The molecule has 0 aromatic carbocycles. The number of halogens is 1. The van der Waals surface area contributed by atoms with E-state index >= 15 is 0 Å². The van der Waals surface area contributed by atoms with Crippen LogP contribution in [0.15, 0.2) is 12.4 Å². The quantitative estimate of drug-likeness (QED) is 0.865. The fraction of sp³-hybridized carbons (Fsp3) is 0.500. The van der Waals surface area contributed by atoms with Crippen LogP contribution in [0.2, 0.25) is 5.15 Å². The van der Waals surface area contributed by atoms with Crippen molar-refractivity contribution in [3.05, 3.63) is 17.5 Å². The summed E-state index contributed by atoms with van der Waals surface area (Å²) in [6.45, 7) is 4.29. The molecule has 0 saturated carbocycles. The average molecular weight is 265 g/mol. The van der Waals surface area contributed by atoms with Gasteiger partial charge in [0, 0.05) is 13.1 Å². The third-order valence-electron chi connectivity index (χ3n) is 1.88. The Hall–Kier alpha value is -0.920. The zero-order chi connectivity index (χ0) is 12.2. The Balaban J connectivity index is 2.88. The lowest BCUT2D eigenvalue weighted by atomic mass is 10.7. The summed E-state index contributed by atoms with van der Waals surface area (Å²) in [5.41, 5.74) is 0. The SMILES string of the molecule is CCN(CC)S(=O)(=O)Nc1cncc(Cl)n1. The van der Waals surface area contributed by atoms with E-state index in [4.69, 9.17) is 11.6 Å². The van der Waals surface area contributed by atoms with E-state index in [1.165, 1.54) is 16.7 Å². The molecule has 8 heteroatoms. The van der Waals surface area contributed by atoms with Gasteiger partial charge in [0.25, 0.3) is 0 Å². The number of hydrogen-bond donors (Lipinski definition) is 1. The third-order valence-corrected chi connectivity index (χ3v) is 3.73. The summed E-state index contributed by atoms with van der Waals surface area (Å²) < 4.78 is 27.1. The van der Waals surface area contributed by atoms with E-state index in [0.29, 0.717) is 13.1 Å². The monoisotopic (exact) mass is 264 g/mol. The largest absolute Gasteiger partial charge is 0.302 e. The molecule has 1 aromatic heterocycles. The van der Waals surface area contributed by atoms with E-state index in [-0.39, 0.29) is 11.0 Å². The van der Waals surface area contributed by atoms with Crippen molar-refractivity contribution in [1.29, 1.82) is 0 Å². The molecule has 0 aliphatic carbocycles. The van der Waals surface area contributed by atoms with Crippen LogP contribution < -0.4 is 4.72 Å². The molecule has 0 atom stereocenters. The number of rotatable bonds is 5. The zero-order valence-corrected chi connectivity index (χ0v) is 10.6. The van der Waals surface area contributed by atoms with Gasteiger partial charge in [-0.2, -0.15) is 12.7 Å². The van der Waals surface area contributed by atoms with Crippen LogP contribution in [-0.4, -0.2) is 35.8 Å². The lowest BCUT2D eigenvalue weighted by molar-refractivity contribution is 0.449. The van der Waals surface area contributed by atoms with Crippen molar-refractivity contribution in [3.63, 3.8) is 0 Å². The number of nitrogens with one attached hydrogen (secondary N) is 1. The normalized spacial score (nSPS) is 11.8. The van der Waals surface area contributed by atoms with E-state index < -0.39 is 10.2 Å². The van der Waals surface area contributed by atoms with Crippen molar-refractivity contribution >= 4 is 27.6 Å². The summed E-state index contributed by atoms with van der Waals surface area (Å²) in [4.78, 5) is 7.53. The van der Waals surface area contributed by atoms with Gasteiger partial charge in [0.1, 0.15) is 5.15 Å². The zero-order valence-electron chi connectivity index (χ0n) is 9.01. The molecule has 90 valence electrons. The van der Waals surface area contributed by atoms with Crippen molar-refractivity contribution in [3.8, 4) is 0 Å². The molecule has 0 fully saturated rings. The van der Waals surface area contributed by atoms with Gasteiger partial charge in [-0.25, -0.2) is 4.98 Å². The number of anilines is 1. The smallest absolute Gasteiger partial charge is 0.258 e. The van der Waals surface area contributed by atoms with E-state index in [0.717, 1.165) is 0 Å². The van der Waals surface area contributed by atoms with Crippen molar-refractivity contribution in [2.45, 2.75) is 13.8 Å². The minimum Gasteiger partial charge on any atom is -0.258 e. The highest BCUT2D eigenvalue weighted by Gasteiger charge is 2.18. The lowest BCUT2D eigenvalue weighted by Crippen LogP contribution is -2.35. The van der Waals surface area contributed by atoms with Crippen LogP contribution in [0.1, 0.15) is 13.8 Å². The Bertz CT molecular complexity index is 447. The second-order valence-electron chi connectivity index (χ2n) is 2.92. The van der Waals surface area contributed by atoms with Crippen molar-refractivity contribution < 1.29 is 8.42 Å². The van der Waals surface area contributed by atoms with Crippen LogP contribution in [0.5, 0.6) is 0 Å². The van der Waals surface area contributed by atoms with Crippen molar-refractivity contribution in [2.75, 3.05) is 17.8 Å². The highest BCUT2D eigenvalue weighted by atomic mass is 35.5. The Morgan fingerprint density at radius 2 is 2.00 bits per heavy atom. The highest BCUT2D eigenvalue weighted by Crippen LogP contribution is 2.10. The molecule has 0 bridgehead atoms. The molecule has 0 unspecified atom stereocenters. The molecule has 16 heavy (non-hydrogen) atoms. The van der Waals surface area contributed by atoms with Gasteiger partial charge in [-0.3, -0.25) is 9.71 Å². The predicted octanol–water partition coefficient (Wildman–Crippen LogP) is 1.13. The first kappa shape index (κ1) is 13.1. The molecule has 6 nitrogen and oxygen atoms in total. The van der Waals surface area contributed by atoms with Gasteiger partial charge < -0.3 is 0 Å². The topological polar surface area (TPSA) is 75.2 Å². The summed E-state index contributed by atoms with van der Waals surface area (Å²) in [7, 11) is -3.57. The number of nitrogens with zero attached hydrogens (tertiary/aromatic N) is 3. The maximum Gasteiger partial charge on any atom is 0.302 e. The minimum absolute atomic E-state index is 0.111. The molecule has 1 rings (SSSR count). The molecule has 0 aliphatic heterocycles. The van der Waals surface area contributed by atoms with Crippen LogP contribution in [0, 0.1) is 0 Å². The maximum atomic E-state index is 11.8. The predicted molar refractivity (Wildman–Crippen MR) is 62.5 cm³/mol. The molecule has 0 radical (unpaired) electrons. The summed E-state index contributed by atoms with van der Waals surface area (Å²) in [6.07, 6.45) is 2.63. The van der Waals surface area contributed by atoms with Gasteiger partial charge in [-0.15, -0.1) is 0 Å². The Morgan fingerprint density at radius 3 is 2.50 bits per heavy atom. The summed E-state index contributed by atoms with van der Waals surface area (Å²) in [5.74, 6) is 0.111. The molecule has 1 N–H and O–H groups in total. The van der Waals surface area contributed by atoms with Crippen molar-refractivity contribution in [1.82, 2.24) is 14.3 Å². The molecule has 0 spiro atoms. The molecule has 1 heterocycles. The molecule has 0 aliphatic rings. The fourth-order valence-electron chi connectivity index (χ4n) is 1.15. The second kappa shape index (κ2) is 5.42. The first-order valence-electron chi connectivity index (χ1n) is 4.75. The third kappa shape index (κ3) is 3.29. The summed E-state index contributed by atoms with van der Waals surface area (Å²) in [6, 6.07) is 0. The van der Waals surface area contributed by atoms with E-state index in [2.05, 4.69) is 14.7 Å². The van der Waals surface area contributed by atoms with E-state index in [1.807, 2.05) is 0 Å². The average Bonchev–Trinajstić information content (AvgIpc) is 2.18. The first-order chi connectivity index (χ1) is 7.49. The van der Waals surface area contributed by atoms with Gasteiger partial charge in [0.15, 0.2) is 5.82 Å². The minimum atomic E-state index is -3.57. The molecule has 0 saturated heterocycles. The number of aromatic nitrogens is 2. The second-order valence-corrected chi connectivity index (χ2v) is 4.98. The lowest BCUT2D eigenvalue weighted by Gasteiger charge is -2.18. The van der Waals surface area contributed by atoms with Gasteiger partial charge in [-0.1, -0.05) is 25.4 Å². The first-order valence-corrected chi connectivity index (χ1v) is 6.56. The molecular weight excluding hydrogens is 252 g/mol. The van der Waals surface area contributed by atoms with Crippen LogP contribution in [0.4, 0.5) is 5.82 Å². The van der Waals surface area contributed by atoms with Crippen molar-refractivity contribution in [2.24, 2.45) is 0 Å². The summed E-state index contributed by atoms with van der Waals surface area (Å²) in [5, 5.41) is 0.139. The highest BCUT2D eigenvalue weighted by molar-refractivity contribution is 7.90. The Morgan fingerprint density at radius 1 is 1.38 bits per heavy atom. The van der Waals surface area contributed by atoms with Crippen LogP contribution in [0.3, 0.4) is 0 Å². The van der Waals surface area contributed by atoms with E-state index in [9.17, 15) is 8.42 Å². The molecule has 1 aromatic rings. The fourth-order valence-corrected chi connectivity index (χ4v) is 2.47. The van der Waals surface area contributed by atoms with Gasteiger partial charge >= 0.3 is 10.2 Å². The Kier molecular flexibility index (Phi) is 4.45. The molecular formula is C8H13ClN4O2S. The maximum absolute atomic E-state index is 11.8. The van der Waals surface area contributed by atoms with E-state index in [1.54, 1.807) is 13.8 Å².